The van der Waals surface area contributed by atoms with Gasteiger partial charge in [0.05, 0.1) is 0 Å². The zero-order chi connectivity index (χ0) is 13.1. The molecule has 0 amide bonds. The van der Waals surface area contributed by atoms with Gasteiger partial charge in [0.15, 0.2) is 0 Å². The molecule has 19 heavy (non-hydrogen) atoms. The molecule has 0 aliphatic carbocycles. The van der Waals surface area contributed by atoms with Crippen molar-refractivity contribution in [1.29, 1.82) is 0 Å². The van der Waals surface area contributed by atoms with E-state index in [2.05, 4.69) is 16.8 Å². The summed E-state index contributed by atoms with van der Waals surface area (Å²) in [5.74, 6) is 2.66. The van der Waals surface area contributed by atoms with E-state index in [4.69, 9.17) is 9.72 Å². The number of imidazole rings is 1. The molecule has 0 spiro atoms. The van der Waals surface area contributed by atoms with Crippen molar-refractivity contribution < 1.29 is 4.74 Å². The van der Waals surface area contributed by atoms with Gasteiger partial charge in [-0.25, -0.2) is 4.98 Å². The molecule has 2 fully saturated rings. The van der Waals surface area contributed by atoms with Crippen LogP contribution in [0, 0.1) is 12.8 Å². The van der Waals surface area contributed by atoms with E-state index in [0.717, 1.165) is 45.1 Å². The zero-order valence-electron chi connectivity index (χ0n) is 11.9. The van der Waals surface area contributed by atoms with Crippen LogP contribution in [0.1, 0.15) is 43.1 Å². The molecule has 1 aromatic rings. The van der Waals surface area contributed by atoms with Crippen LogP contribution in [0.15, 0.2) is 6.20 Å². The molecule has 2 aliphatic heterocycles. The summed E-state index contributed by atoms with van der Waals surface area (Å²) in [6.45, 7) is 7.44. The lowest BCUT2D eigenvalue weighted by atomic mass is 9.97. The minimum absolute atomic E-state index is 0.596. The monoisotopic (exact) mass is 263 g/mol. The zero-order valence-corrected chi connectivity index (χ0v) is 11.9. The fourth-order valence-electron chi connectivity index (χ4n) is 3.34. The van der Waals surface area contributed by atoms with Crippen LogP contribution >= 0.6 is 0 Å². The number of piperidine rings is 1. The Bertz CT molecular complexity index is 404. The van der Waals surface area contributed by atoms with E-state index >= 15 is 0 Å². The van der Waals surface area contributed by atoms with Crippen molar-refractivity contribution >= 4 is 0 Å². The third-order valence-electron chi connectivity index (χ3n) is 4.51. The first-order chi connectivity index (χ1) is 9.34. The Labute approximate surface area is 115 Å². The largest absolute Gasteiger partial charge is 0.381 e. The number of ether oxygens (including phenoxy) is 1. The maximum absolute atomic E-state index is 5.47. The highest BCUT2D eigenvalue weighted by Crippen LogP contribution is 2.27. The molecule has 3 heterocycles. The quantitative estimate of drug-likeness (QED) is 0.907. The molecule has 106 valence electrons. The fourth-order valence-corrected chi connectivity index (χ4v) is 3.34. The van der Waals surface area contributed by atoms with Gasteiger partial charge in [0.2, 0.25) is 0 Å². The number of aromatic nitrogens is 2. The van der Waals surface area contributed by atoms with Gasteiger partial charge in [-0.3, -0.25) is 0 Å². The number of rotatable bonds is 3. The first kappa shape index (κ1) is 13.1. The molecule has 1 atom stereocenters. The summed E-state index contributed by atoms with van der Waals surface area (Å²) in [5.41, 5.74) is 1.31. The molecular formula is C15H25N3O. The first-order valence-electron chi connectivity index (χ1n) is 7.65. The SMILES string of the molecule is Cc1cnc(C2CCOCC2)n1C[C@@H]1CCCNC1. The summed E-state index contributed by atoms with van der Waals surface area (Å²) in [4.78, 5) is 4.69. The normalized spacial score (nSPS) is 25.6. The number of aryl methyl sites for hydroxylation is 1. The van der Waals surface area contributed by atoms with Crippen LogP contribution < -0.4 is 5.32 Å². The molecular weight excluding hydrogens is 238 g/mol. The summed E-state index contributed by atoms with van der Waals surface area (Å²) < 4.78 is 7.94. The van der Waals surface area contributed by atoms with Crippen molar-refractivity contribution in [1.82, 2.24) is 14.9 Å². The van der Waals surface area contributed by atoms with Gasteiger partial charge in [0, 0.05) is 37.6 Å². The van der Waals surface area contributed by atoms with Gasteiger partial charge in [-0.2, -0.15) is 0 Å². The molecule has 0 radical (unpaired) electrons. The third kappa shape index (κ3) is 3.00. The van der Waals surface area contributed by atoms with Crippen molar-refractivity contribution in [3.8, 4) is 0 Å². The lowest BCUT2D eigenvalue weighted by Gasteiger charge is -2.27. The molecule has 0 aromatic carbocycles. The molecule has 3 rings (SSSR count). The second-order valence-corrected chi connectivity index (χ2v) is 5.97. The van der Waals surface area contributed by atoms with Gasteiger partial charge in [-0.15, -0.1) is 0 Å². The van der Waals surface area contributed by atoms with Crippen molar-refractivity contribution in [2.45, 2.75) is 45.1 Å². The van der Waals surface area contributed by atoms with Crippen LogP contribution in [0.3, 0.4) is 0 Å². The first-order valence-corrected chi connectivity index (χ1v) is 7.65. The van der Waals surface area contributed by atoms with Gasteiger partial charge >= 0.3 is 0 Å². The van der Waals surface area contributed by atoms with E-state index < -0.39 is 0 Å². The lowest BCUT2D eigenvalue weighted by Crippen LogP contribution is -2.33. The Morgan fingerprint density at radius 3 is 2.95 bits per heavy atom. The highest BCUT2D eigenvalue weighted by molar-refractivity contribution is 5.09. The van der Waals surface area contributed by atoms with Crippen molar-refractivity contribution in [2.75, 3.05) is 26.3 Å². The molecule has 1 N–H and O–H groups in total. The Hall–Kier alpha value is -0.870. The number of nitrogens with zero attached hydrogens (tertiary/aromatic N) is 2. The molecule has 2 aliphatic rings. The highest BCUT2D eigenvalue weighted by Gasteiger charge is 2.23. The van der Waals surface area contributed by atoms with Gasteiger partial charge in [0.25, 0.3) is 0 Å². The maximum Gasteiger partial charge on any atom is 0.112 e. The number of nitrogens with one attached hydrogen (secondary N) is 1. The van der Waals surface area contributed by atoms with E-state index in [1.54, 1.807) is 0 Å². The lowest BCUT2D eigenvalue weighted by molar-refractivity contribution is 0.0825. The Kier molecular flexibility index (Phi) is 4.18. The fraction of sp³-hybridized carbons (Fsp3) is 0.800. The Balaban J connectivity index is 1.73. The summed E-state index contributed by atoms with van der Waals surface area (Å²) in [6, 6.07) is 0. The predicted octanol–water partition coefficient (Wildman–Crippen LogP) is 2.09. The molecule has 0 unspecified atom stereocenters. The van der Waals surface area contributed by atoms with Crippen LogP contribution in [0.2, 0.25) is 0 Å². The van der Waals surface area contributed by atoms with Gasteiger partial charge in [-0.05, 0) is 51.6 Å². The van der Waals surface area contributed by atoms with E-state index in [0.29, 0.717) is 5.92 Å². The van der Waals surface area contributed by atoms with Crippen molar-refractivity contribution in [2.24, 2.45) is 5.92 Å². The standard InChI is InChI=1S/C15H25N3O/c1-12-9-17-15(14-4-7-19-8-5-14)18(12)11-13-3-2-6-16-10-13/h9,13-14,16H,2-8,10-11H2,1H3/t13-/m1/s1. The van der Waals surface area contributed by atoms with E-state index in [9.17, 15) is 0 Å². The molecule has 2 saturated heterocycles. The number of hydrogen-bond donors (Lipinski definition) is 1. The van der Waals surface area contributed by atoms with Gasteiger partial charge in [-0.1, -0.05) is 0 Å². The van der Waals surface area contributed by atoms with E-state index in [-0.39, 0.29) is 0 Å². The second-order valence-electron chi connectivity index (χ2n) is 5.97. The molecule has 0 bridgehead atoms. The minimum Gasteiger partial charge on any atom is -0.381 e. The summed E-state index contributed by atoms with van der Waals surface area (Å²) in [7, 11) is 0. The topological polar surface area (TPSA) is 39.1 Å². The Morgan fingerprint density at radius 1 is 1.37 bits per heavy atom. The summed E-state index contributed by atoms with van der Waals surface area (Å²) >= 11 is 0. The number of hydrogen-bond acceptors (Lipinski definition) is 3. The molecule has 4 heteroatoms. The van der Waals surface area contributed by atoms with Crippen LogP contribution in [0.25, 0.3) is 0 Å². The minimum atomic E-state index is 0.596. The molecule has 0 saturated carbocycles. The van der Waals surface area contributed by atoms with Gasteiger partial charge in [0.1, 0.15) is 5.82 Å². The van der Waals surface area contributed by atoms with E-state index in [1.165, 1.54) is 30.9 Å². The highest BCUT2D eigenvalue weighted by atomic mass is 16.5. The van der Waals surface area contributed by atoms with Crippen LogP contribution in [0.4, 0.5) is 0 Å². The predicted molar refractivity (Wildman–Crippen MR) is 75.4 cm³/mol. The molecule has 4 nitrogen and oxygen atoms in total. The second kappa shape index (κ2) is 6.06. The smallest absolute Gasteiger partial charge is 0.112 e. The van der Waals surface area contributed by atoms with Crippen LogP contribution in [-0.4, -0.2) is 35.9 Å². The van der Waals surface area contributed by atoms with Gasteiger partial charge < -0.3 is 14.6 Å². The van der Waals surface area contributed by atoms with Crippen molar-refractivity contribution in [3.63, 3.8) is 0 Å². The maximum atomic E-state index is 5.47. The third-order valence-corrected chi connectivity index (χ3v) is 4.51. The summed E-state index contributed by atoms with van der Waals surface area (Å²) in [6.07, 6.45) is 6.95. The summed E-state index contributed by atoms with van der Waals surface area (Å²) in [5, 5.41) is 3.51. The molecule has 1 aromatic heterocycles. The average Bonchev–Trinajstić information content (AvgIpc) is 2.82. The average molecular weight is 263 g/mol. The van der Waals surface area contributed by atoms with E-state index in [1.807, 2.05) is 6.20 Å². The van der Waals surface area contributed by atoms with Crippen LogP contribution in [-0.2, 0) is 11.3 Å². The Morgan fingerprint density at radius 2 is 2.21 bits per heavy atom. The van der Waals surface area contributed by atoms with Crippen LogP contribution in [0.5, 0.6) is 0 Å². The van der Waals surface area contributed by atoms with Crippen molar-refractivity contribution in [3.05, 3.63) is 17.7 Å².